The fraction of sp³-hybridized carbons (Fsp3) is 0.211. The Morgan fingerprint density at radius 3 is 2.14 bits per heavy atom. The molecule has 2 aromatic rings. The van der Waals surface area contributed by atoms with Gasteiger partial charge in [0.25, 0.3) is 0 Å². The molecule has 0 amide bonds. The van der Waals surface area contributed by atoms with Crippen molar-refractivity contribution in [1.82, 2.24) is 0 Å². The maximum atomic E-state index is 5.21. The number of para-hydroxylation sites is 1. The van der Waals surface area contributed by atoms with Gasteiger partial charge < -0.3 is 4.74 Å². The average Bonchev–Trinajstić information content (AvgIpc) is 2.52. The van der Waals surface area contributed by atoms with E-state index in [1.54, 1.807) is 7.11 Å². The Bertz CT molecular complexity index is 701. The monoisotopic (exact) mass is 307 g/mol. The van der Waals surface area contributed by atoms with E-state index in [-0.39, 0.29) is 0 Å². The summed E-state index contributed by atoms with van der Waals surface area (Å²) >= 11 is 0. The minimum atomic E-state index is -1.45. The molecule has 0 heterocycles. The van der Waals surface area contributed by atoms with Gasteiger partial charge in [0.2, 0.25) is 0 Å². The van der Waals surface area contributed by atoms with Gasteiger partial charge in [0.05, 0.1) is 12.8 Å². The standard InChI is InChI=1S/C19H21NOSi/c1-21-18-12-10-16(11-13-18)19(14-15-22(2,3)4)20-17-8-6-5-7-9-17/h5-13H,1-4H3. The Labute approximate surface area is 133 Å². The number of hydrogen-bond donors (Lipinski definition) is 0. The van der Waals surface area contributed by atoms with E-state index in [0.717, 1.165) is 22.7 Å². The van der Waals surface area contributed by atoms with E-state index in [9.17, 15) is 0 Å². The molecule has 22 heavy (non-hydrogen) atoms. The number of aliphatic imine (C=N–C) groups is 1. The van der Waals surface area contributed by atoms with Crippen LogP contribution in [0.25, 0.3) is 0 Å². The van der Waals surface area contributed by atoms with Crippen molar-refractivity contribution in [1.29, 1.82) is 0 Å². The summed E-state index contributed by atoms with van der Waals surface area (Å²) in [5, 5.41) is 0. The summed E-state index contributed by atoms with van der Waals surface area (Å²) in [6.45, 7) is 6.69. The van der Waals surface area contributed by atoms with Crippen LogP contribution in [0.5, 0.6) is 5.75 Å². The van der Waals surface area contributed by atoms with Crippen molar-refractivity contribution < 1.29 is 4.74 Å². The molecule has 0 atom stereocenters. The summed E-state index contributed by atoms with van der Waals surface area (Å²) in [6, 6.07) is 17.8. The Morgan fingerprint density at radius 1 is 0.955 bits per heavy atom. The number of ether oxygens (including phenoxy) is 1. The van der Waals surface area contributed by atoms with Crippen LogP contribution in [0.4, 0.5) is 5.69 Å². The van der Waals surface area contributed by atoms with Crippen LogP contribution < -0.4 is 4.74 Å². The highest BCUT2D eigenvalue weighted by Crippen LogP contribution is 2.16. The van der Waals surface area contributed by atoms with Crippen molar-refractivity contribution in [3.8, 4) is 17.2 Å². The molecule has 0 aliphatic heterocycles. The fourth-order valence-electron chi connectivity index (χ4n) is 1.79. The van der Waals surface area contributed by atoms with E-state index in [4.69, 9.17) is 9.73 Å². The lowest BCUT2D eigenvalue weighted by atomic mass is 10.1. The quantitative estimate of drug-likeness (QED) is 0.458. The number of hydrogen-bond acceptors (Lipinski definition) is 2. The van der Waals surface area contributed by atoms with E-state index in [2.05, 4.69) is 31.1 Å². The van der Waals surface area contributed by atoms with Crippen LogP contribution in [0, 0.1) is 11.5 Å². The average molecular weight is 307 g/mol. The van der Waals surface area contributed by atoms with Gasteiger partial charge >= 0.3 is 0 Å². The zero-order chi connectivity index (χ0) is 16.0. The third kappa shape index (κ3) is 4.91. The third-order valence-corrected chi connectivity index (χ3v) is 3.79. The summed E-state index contributed by atoms with van der Waals surface area (Å²) in [6.07, 6.45) is 0. The molecule has 0 N–H and O–H groups in total. The summed E-state index contributed by atoms with van der Waals surface area (Å²) in [5.74, 6) is 4.12. The minimum absolute atomic E-state index is 0.802. The molecule has 0 aliphatic carbocycles. The van der Waals surface area contributed by atoms with Crippen molar-refractivity contribution in [2.45, 2.75) is 19.6 Å². The minimum Gasteiger partial charge on any atom is -0.497 e. The second-order valence-corrected chi connectivity index (χ2v) is 10.8. The number of nitrogens with zero attached hydrogens (tertiary/aromatic N) is 1. The molecule has 0 saturated carbocycles. The zero-order valence-electron chi connectivity index (χ0n) is 13.6. The van der Waals surface area contributed by atoms with Crippen molar-refractivity contribution in [2.75, 3.05) is 7.11 Å². The van der Waals surface area contributed by atoms with Crippen LogP contribution in [0.2, 0.25) is 19.6 Å². The van der Waals surface area contributed by atoms with Crippen LogP contribution in [0.1, 0.15) is 5.56 Å². The molecule has 0 saturated heterocycles. The molecular weight excluding hydrogens is 286 g/mol. The largest absolute Gasteiger partial charge is 0.497 e. The number of methoxy groups -OCH3 is 1. The van der Waals surface area contributed by atoms with Crippen LogP contribution >= 0.6 is 0 Å². The first-order valence-corrected chi connectivity index (χ1v) is 10.8. The van der Waals surface area contributed by atoms with E-state index in [1.165, 1.54) is 0 Å². The molecule has 2 nitrogen and oxygen atoms in total. The highest BCUT2D eigenvalue weighted by Gasteiger charge is 2.09. The first-order chi connectivity index (χ1) is 10.5. The predicted molar refractivity (Wildman–Crippen MR) is 96.8 cm³/mol. The smallest absolute Gasteiger partial charge is 0.129 e. The van der Waals surface area contributed by atoms with Crippen molar-refractivity contribution >= 4 is 19.5 Å². The van der Waals surface area contributed by atoms with Gasteiger partial charge in [-0.25, -0.2) is 4.99 Å². The van der Waals surface area contributed by atoms with Gasteiger partial charge in [0, 0.05) is 5.56 Å². The fourth-order valence-corrected chi connectivity index (χ4v) is 2.29. The molecule has 0 aliphatic rings. The normalized spacial score (nSPS) is 11.5. The Morgan fingerprint density at radius 2 is 1.59 bits per heavy atom. The van der Waals surface area contributed by atoms with Gasteiger partial charge in [-0.1, -0.05) is 43.8 Å². The van der Waals surface area contributed by atoms with Crippen LogP contribution in [-0.4, -0.2) is 20.9 Å². The molecule has 0 fully saturated rings. The van der Waals surface area contributed by atoms with Crippen LogP contribution in [-0.2, 0) is 0 Å². The Kier molecular flexibility index (Phi) is 5.19. The summed E-state index contributed by atoms with van der Waals surface area (Å²) in [7, 11) is 0.211. The van der Waals surface area contributed by atoms with E-state index >= 15 is 0 Å². The first-order valence-electron chi connectivity index (χ1n) is 7.29. The Hall–Kier alpha value is -2.31. The van der Waals surface area contributed by atoms with Gasteiger partial charge in [-0.15, -0.1) is 5.54 Å². The molecule has 2 rings (SSSR count). The van der Waals surface area contributed by atoms with Gasteiger partial charge in [-0.3, -0.25) is 0 Å². The van der Waals surface area contributed by atoms with Gasteiger partial charge in [0.1, 0.15) is 19.5 Å². The number of benzene rings is 2. The Balaban J connectivity index is 2.44. The molecule has 2 aromatic carbocycles. The molecule has 0 radical (unpaired) electrons. The van der Waals surface area contributed by atoms with Crippen molar-refractivity contribution in [3.05, 3.63) is 60.2 Å². The van der Waals surface area contributed by atoms with E-state index in [1.807, 2.05) is 54.6 Å². The lowest BCUT2D eigenvalue weighted by Gasteiger charge is -2.06. The lowest BCUT2D eigenvalue weighted by Crippen LogP contribution is -2.17. The number of rotatable bonds is 3. The molecule has 0 unspecified atom stereocenters. The maximum Gasteiger partial charge on any atom is 0.129 e. The van der Waals surface area contributed by atoms with E-state index < -0.39 is 8.07 Å². The third-order valence-electron chi connectivity index (χ3n) is 2.92. The lowest BCUT2D eigenvalue weighted by molar-refractivity contribution is 0.415. The molecule has 3 heteroatoms. The highest BCUT2D eigenvalue weighted by molar-refractivity contribution is 6.84. The van der Waals surface area contributed by atoms with Crippen molar-refractivity contribution in [2.24, 2.45) is 4.99 Å². The van der Waals surface area contributed by atoms with E-state index in [0.29, 0.717) is 0 Å². The SMILES string of the molecule is COc1ccc(C(C#C[Si](C)(C)C)=Nc2ccccc2)cc1. The van der Waals surface area contributed by atoms with Gasteiger partial charge in [-0.05, 0) is 36.4 Å². The molecule has 0 spiro atoms. The predicted octanol–water partition coefficient (Wildman–Crippen LogP) is 4.70. The second-order valence-electron chi connectivity index (χ2n) is 6.02. The molecular formula is C19H21NOSi. The van der Waals surface area contributed by atoms with Gasteiger partial charge in [0.15, 0.2) is 0 Å². The topological polar surface area (TPSA) is 21.6 Å². The first kappa shape index (κ1) is 16.1. The zero-order valence-corrected chi connectivity index (χ0v) is 14.6. The molecule has 0 aromatic heterocycles. The summed E-state index contributed by atoms with van der Waals surface area (Å²) < 4.78 is 5.21. The van der Waals surface area contributed by atoms with Gasteiger partial charge in [-0.2, -0.15) is 0 Å². The van der Waals surface area contributed by atoms with Crippen LogP contribution in [0.15, 0.2) is 59.6 Å². The second kappa shape index (κ2) is 7.10. The van der Waals surface area contributed by atoms with Crippen molar-refractivity contribution in [3.63, 3.8) is 0 Å². The maximum absolute atomic E-state index is 5.21. The molecule has 112 valence electrons. The molecule has 0 bridgehead atoms. The summed E-state index contributed by atoms with van der Waals surface area (Å²) in [4.78, 5) is 4.71. The van der Waals surface area contributed by atoms with Crippen LogP contribution in [0.3, 0.4) is 0 Å². The summed E-state index contributed by atoms with van der Waals surface area (Å²) in [5.41, 5.74) is 6.12. The highest BCUT2D eigenvalue weighted by atomic mass is 28.3.